The molecule has 1 aromatic heterocycles. The SMILES string of the molecule is O=C(O)c1nn[nH]c1Oc1cccc(C#CC2CC(F)C2)c1. The molecule has 1 heterocycles. The van der Waals surface area contributed by atoms with Gasteiger partial charge >= 0.3 is 5.97 Å². The van der Waals surface area contributed by atoms with Crippen LogP contribution >= 0.6 is 0 Å². The van der Waals surface area contributed by atoms with Crippen LogP contribution in [0.4, 0.5) is 4.39 Å². The second kappa shape index (κ2) is 5.85. The van der Waals surface area contributed by atoms with Crippen LogP contribution in [0.3, 0.4) is 0 Å². The van der Waals surface area contributed by atoms with Crippen molar-refractivity contribution in [1.29, 1.82) is 0 Å². The van der Waals surface area contributed by atoms with Gasteiger partial charge in [0.15, 0.2) is 0 Å². The van der Waals surface area contributed by atoms with Crippen LogP contribution in [-0.2, 0) is 0 Å². The van der Waals surface area contributed by atoms with Crippen molar-refractivity contribution in [3.63, 3.8) is 0 Å². The number of ether oxygens (including phenoxy) is 1. The second-order valence-electron chi connectivity index (χ2n) is 4.96. The number of alkyl halides is 1. The van der Waals surface area contributed by atoms with Gasteiger partial charge in [0.25, 0.3) is 5.88 Å². The monoisotopic (exact) mass is 301 g/mol. The van der Waals surface area contributed by atoms with Crippen molar-refractivity contribution >= 4 is 5.97 Å². The van der Waals surface area contributed by atoms with Crippen molar-refractivity contribution in [1.82, 2.24) is 15.4 Å². The molecular formula is C15H12FN3O3. The maximum atomic E-state index is 12.7. The molecular weight excluding hydrogens is 289 g/mol. The Labute approximate surface area is 125 Å². The van der Waals surface area contributed by atoms with E-state index in [1.54, 1.807) is 24.3 Å². The number of halogens is 1. The van der Waals surface area contributed by atoms with Crippen molar-refractivity contribution in [2.24, 2.45) is 5.92 Å². The lowest BCUT2D eigenvalue weighted by atomic mass is 9.84. The van der Waals surface area contributed by atoms with Gasteiger partial charge in [-0.1, -0.05) is 23.1 Å². The summed E-state index contributed by atoms with van der Waals surface area (Å²) in [7, 11) is 0. The summed E-state index contributed by atoms with van der Waals surface area (Å²) in [6, 6.07) is 6.88. The first-order valence-corrected chi connectivity index (χ1v) is 6.69. The van der Waals surface area contributed by atoms with Gasteiger partial charge in [-0.25, -0.2) is 14.3 Å². The van der Waals surface area contributed by atoms with E-state index in [2.05, 4.69) is 27.3 Å². The Hall–Kier alpha value is -2.88. The van der Waals surface area contributed by atoms with Crippen molar-refractivity contribution in [2.45, 2.75) is 19.0 Å². The topological polar surface area (TPSA) is 88.1 Å². The third kappa shape index (κ3) is 3.06. The molecule has 112 valence electrons. The number of carbonyl (C=O) groups is 1. The van der Waals surface area contributed by atoms with Crippen molar-refractivity contribution in [3.8, 4) is 23.5 Å². The predicted octanol–water partition coefficient (Wildman–Crippen LogP) is 2.39. The lowest BCUT2D eigenvalue weighted by Crippen LogP contribution is -2.23. The van der Waals surface area contributed by atoms with Crippen LogP contribution in [0.25, 0.3) is 0 Å². The molecule has 0 radical (unpaired) electrons. The summed E-state index contributed by atoms with van der Waals surface area (Å²) in [6.07, 6.45) is 0.256. The number of benzene rings is 1. The molecule has 1 aliphatic carbocycles. The fourth-order valence-electron chi connectivity index (χ4n) is 2.04. The van der Waals surface area contributed by atoms with E-state index in [0.29, 0.717) is 24.2 Å². The predicted molar refractivity (Wildman–Crippen MR) is 74.4 cm³/mol. The number of carboxylic acids is 1. The number of aromatic carboxylic acids is 1. The lowest BCUT2D eigenvalue weighted by Gasteiger charge is -2.24. The van der Waals surface area contributed by atoms with Gasteiger partial charge in [0, 0.05) is 11.5 Å². The van der Waals surface area contributed by atoms with Crippen LogP contribution in [0.2, 0.25) is 0 Å². The van der Waals surface area contributed by atoms with Gasteiger partial charge in [-0.3, -0.25) is 0 Å². The summed E-state index contributed by atoms with van der Waals surface area (Å²) < 4.78 is 18.1. The van der Waals surface area contributed by atoms with Gasteiger partial charge in [-0.15, -0.1) is 5.10 Å². The minimum absolute atomic E-state index is 0.0446. The highest BCUT2D eigenvalue weighted by molar-refractivity contribution is 5.87. The maximum absolute atomic E-state index is 12.7. The Balaban J connectivity index is 1.74. The summed E-state index contributed by atoms with van der Waals surface area (Å²) in [5.41, 5.74) is 0.420. The molecule has 0 atom stereocenters. The molecule has 22 heavy (non-hydrogen) atoms. The molecule has 2 aromatic rings. The molecule has 0 spiro atoms. The van der Waals surface area contributed by atoms with Gasteiger partial charge in [0.05, 0.1) is 0 Å². The maximum Gasteiger partial charge on any atom is 0.362 e. The van der Waals surface area contributed by atoms with Crippen molar-refractivity contribution in [3.05, 3.63) is 35.5 Å². The van der Waals surface area contributed by atoms with Gasteiger partial charge in [-0.2, -0.15) is 0 Å². The Morgan fingerprint density at radius 3 is 3.00 bits per heavy atom. The first kappa shape index (κ1) is 14.1. The third-order valence-electron chi connectivity index (χ3n) is 3.27. The molecule has 0 amide bonds. The van der Waals surface area contributed by atoms with Crippen LogP contribution < -0.4 is 4.74 Å². The summed E-state index contributed by atoms with van der Waals surface area (Å²) in [6.45, 7) is 0. The molecule has 1 fully saturated rings. The molecule has 1 aliphatic rings. The smallest absolute Gasteiger partial charge is 0.362 e. The largest absolute Gasteiger partial charge is 0.476 e. The summed E-state index contributed by atoms with van der Waals surface area (Å²) in [5, 5.41) is 18.1. The zero-order valence-electron chi connectivity index (χ0n) is 11.4. The average molecular weight is 301 g/mol. The fraction of sp³-hybridized carbons (Fsp3) is 0.267. The highest BCUT2D eigenvalue weighted by Gasteiger charge is 2.26. The molecule has 0 unspecified atom stereocenters. The van der Waals surface area contributed by atoms with Crippen molar-refractivity contribution in [2.75, 3.05) is 0 Å². The van der Waals surface area contributed by atoms with E-state index in [1.807, 2.05) is 0 Å². The molecule has 2 N–H and O–H groups in total. The normalized spacial score (nSPS) is 19.7. The molecule has 6 nitrogen and oxygen atoms in total. The van der Waals surface area contributed by atoms with E-state index in [-0.39, 0.29) is 17.5 Å². The van der Waals surface area contributed by atoms with Crippen LogP contribution in [0, 0.1) is 17.8 Å². The molecule has 7 heteroatoms. The Morgan fingerprint density at radius 1 is 1.45 bits per heavy atom. The molecule has 0 aliphatic heterocycles. The molecule has 3 rings (SSSR count). The third-order valence-corrected chi connectivity index (χ3v) is 3.27. The number of nitrogens with zero attached hydrogens (tertiary/aromatic N) is 2. The number of hydrogen-bond donors (Lipinski definition) is 2. The lowest BCUT2D eigenvalue weighted by molar-refractivity contribution is 0.0687. The standard InChI is InChI=1S/C15H12FN3O3/c16-11-6-10(7-11)5-4-9-2-1-3-12(8-9)22-14-13(15(20)21)17-19-18-14/h1-3,8,10-11H,6-7H2,(H,20,21)(H,17,18,19). The van der Waals surface area contributed by atoms with Gasteiger partial charge in [-0.05, 0) is 31.0 Å². The first-order valence-electron chi connectivity index (χ1n) is 6.69. The fourth-order valence-corrected chi connectivity index (χ4v) is 2.04. The summed E-state index contributed by atoms with van der Waals surface area (Å²) in [5.74, 6) is 5.22. The number of aromatic nitrogens is 3. The quantitative estimate of drug-likeness (QED) is 0.850. The van der Waals surface area contributed by atoms with Crippen molar-refractivity contribution < 1.29 is 19.0 Å². The zero-order chi connectivity index (χ0) is 15.5. The molecule has 0 bridgehead atoms. The van der Waals surface area contributed by atoms with E-state index in [9.17, 15) is 9.18 Å². The molecule has 0 saturated heterocycles. The van der Waals surface area contributed by atoms with E-state index < -0.39 is 12.1 Å². The Bertz CT molecular complexity index is 757. The Morgan fingerprint density at radius 2 is 2.27 bits per heavy atom. The molecule has 1 saturated carbocycles. The van der Waals surface area contributed by atoms with E-state index in [1.165, 1.54) is 0 Å². The Kier molecular flexibility index (Phi) is 3.74. The van der Waals surface area contributed by atoms with Gasteiger partial charge in [0.2, 0.25) is 5.69 Å². The highest BCUT2D eigenvalue weighted by Crippen LogP contribution is 2.29. The van der Waals surface area contributed by atoms with E-state index >= 15 is 0 Å². The number of H-pyrrole nitrogens is 1. The van der Waals surface area contributed by atoms with Crippen LogP contribution in [-0.4, -0.2) is 32.7 Å². The van der Waals surface area contributed by atoms with Gasteiger partial charge in [0.1, 0.15) is 11.9 Å². The average Bonchev–Trinajstić information content (AvgIpc) is 2.91. The van der Waals surface area contributed by atoms with Crippen LogP contribution in [0.15, 0.2) is 24.3 Å². The van der Waals surface area contributed by atoms with E-state index in [0.717, 1.165) is 0 Å². The number of aromatic amines is 1. The highest BCUT2D eigenvalue weighted by atomic mass is 19.1. The summed E-state index contributed by atoms with van der Waals surface area (Å²) >= 11 is 0. The van der Waals surface area contributed by atoms with Gasteiger partial charge < -0.3 is 9.84 Å². The van der Waals surface area contributed by atoms with Crippen LogP contribution in [0.1, 0.15) is 28.9 Å². The number of rotatable bonds is 3. The molecule has 1 aromatic carbocycles. The van der Waals surface area contributed by atoms with E-state index in [4.69, 9.17) is 9.84 Å². The minimum Gasteiger partial charge on any atom is -0.476 e. The number of hydrogen-bond acceptors (Lipinski definition) is 4. The minimum atomic E-state index is -1.23. The summed E-state index contributed by atoms with van der Waals surface area (Å²) in [4.78, 5) is 10.9. The number of nitrogens with one attached hydrogen (secondary N) is 1. The zero-order valence-corrected chi connectivity index (χ0v) is 11.4. The van der Waals surface area contributed by atoms with Crippen LogP contribution in [0.5, 0.6) is 11.6 Å². The second-order valence-corrected chi connectivity index (χ2v) is 4.96. The number of carboxylic acid groups (broad SMARTS) is 1. The first-order chi connectivity index (χ1) is 10.6.